The molecule has 2 saturated carbocycles. The van der Waals surface area contributed by atoms with Crippen LogP contribution < -0.4 is 0 Å². The Bertz CT molecular complexity index is 698. The highest BCUT2D eigenvalue weighted by Gasteiger charge is 2.51. The number of carbonyl (C=O) groups is 1. The molecule has 27 heavy (non-hydrogen) atoms. The van der Waals surface area contributed by atoms with Crippen LogP contribution in [0.2, 0.25) is 0 Å². The molecule has 4 atom stereocenters. The van der Waals surface area contributed by atoms with Crippen LogP contribution in [-0.4, -0.2) is 36.0 Å². The molecule has 0 N–H and O–H groups in total. The van der Waals surface area contributed by atoms with Gasteiger partial charge in [0.1, 0.15) is 0 Å². The molecular weight excluding hydrogens is 382 g/mol. The van der Waals surface area contributed by atoms with Crippen LogP contribution in [0.4, 0.5) is 0 Å². The fourth-order valence-corrected chi connectivity index (χ4v) is 10.1. The lowest BCUT2D eigenvalue weighted by Gasteiger charge is -2.42. The van der Waals surface area contributed by atoms with E-state index in [0.717, 1.165) is 56.3 Å². The van der Waals surface area contributed by atoms with Crippen molar-refractivity contribution < 1.29 is 17.8 Å². The number of allylic oxidation sites excluding steroid dienone is 1. The molecular formula is C20H31NO4S2. The maximum absolute atomic E-state index is 13.6. The largest absolute Gasteiger partial charge is 0.593 e. The number of nitrogens with zero attached hydrogens (tertiary/aromatic N) is 1. The minimum absolute atomic E-state index is 0.275. The van der Waals surface area contributed by atoms with Crippen molar-refractivity contribution in [3.8, 4) is 0 Å². The lowest BCUT2D eigenvalue weighted by molar-refractivity contribution is -0.123. The van der Waals surface area contributed by atoms with Gasteiger partial charge in [0.2, 0.25) is 0 Å². The average molecular weight is 414 g/mol. The van der Waals surface area contributed by atoms with E-state index in [1.807, 2.05) is 0 Å². The molecule has 4 aliphatic rings. The first-order valence-corrected chi connectivity index (χ1v) is 13.4. The summed E-state index contributed by atoms with van der Waals surface area (Å²) in [6.45, 7) is 0.327. The molecule has 0 aromatic heterocycles. The number of fused-ring (bicyclic) bond motifs is 1. The van der Waals surface area contributed by atoms with E-state index in [0.29, 0.717) is 37.8 Å². The van der Waals surface area contributed by atoms with Gasteiger partial charge in [0, 0.05) is 10.5 Å². The first-order valence-electron chi connectivity index (χ1n) is 10.7. The van der Waals surface area contributed by atoms with Gasteiger partial charge in [-0.1, -0.05) is 29.9 Å². The van der Waals surface area contributed by atoms with Gasteiger partial charge < -0.3 is 4.55 Å². The van der Waals surface area contributed by atoms with Gasteiger partial charge in [0.25, 0.3) is 5.91 Å². The van der Waals surface area contributed by atoms with Crippen molar-refractivity contribution in [1.29, 1.82) is 0 Å². The summed E-state index contributed by atoms with van der Waals surface area (Å²) in [6.07, 6.45) is 11.6. The van der Waals surface area contributed by atoms with Crippen LogP contribution in [0.15, 0.2) is 10.5 Å². The van der Waals surface area contributed by atoms with Gasteiger partial charge in [-0.15, -0.1) is 0 Å². The summed E-state index contributed by atoms with van der Waals surface area (Å²) >= 11 is 0. The Morgan fingerprint density at radius 3 is 2.41 bits per heavy atom. The third-order valence-electron chi connectivity index (χ3n) is 6.90. The van der Waals surface area contributed by atoms with Crippen molar-refractivity contribution in [1.82, 2.24) is 4.31 Å². The standard InChI is InChI=1S/C20H31NO4S2/c22-20-16-10-4-5-11-17(16)26(23)18-12-6-7-13-19(18)27(24,25)21(20)14-15-8-2-1-3-9-15/h15,18-19H,1-14H2. The Balaban J connectivity index is 1.75. The number of carbonyl (C=O) groups excluding carboxylic acids is 1. The third kappa shape index (κ3) is 3.71. The number of sulfonamides is 1. The Hall–Kier alpha value is -0.530. The molecule has 1 heterocycles. The highest BCUT2D eigenvalue weighted by Crippen LogP contribution is 2.42. The second kappa shape index (κ2) is 8.07. The summed E-state index contributed by atoms with van der Waals surface area (Å²) in [5.41, 5.74) is 0.558. The lowest BCUT2D eigenvalue weighted by Crippen LogP contribution is -2.56. The number of amides is 1. The molecule has 4 unspecified atom stereocenters. The Morgan fingerprint density at radius 1 is 0.963 bits per heavy atom. The fraction of sp³-hybridized carbons (Fsp3) is 0.850. The summed E-state index contributed by atoms with van der Waals surface area (Å²) in [4.78, 5) is 14.2. The smallest absolute Gasteiger partial charge is 0.291 e. The van der Waals surface area contributed by atoms with E-state index in [9.17, 15) is 17.8 Å². The summed E-state index contributed by atoms with van der Waals surface area (Å²) in [6, 6.07) is 0. The van der Waals surface area contributed by atoms with E-state index in [2.05, 4.69) is 0 Å². The normalized spacial score (nSPS) is 38.8. The molecule has 152 valence electrons. The number of hydrogen-bond donors (Lipinski definition) is 0. The van der Waals surface area contributed by atoms with E-state index in [1.165, 1.54) is 10.7 Å². The maximum Gasteiger partial charge on any atom is 0.291 e. The summed E-state index contributed by atoms with van der Waals surface area (Å²) in [5.74, 6) is -0.0790. The zero-order chi connectivity index (χ0) is 19.0. The molecule has 0 aromatic rings. The van der Waals surface area contributed by atoms with Gasteiger partial charge in [-0.2, -0.15) is 4.31 Å². The number of rotatable bonds is 2. The second-order valence-corrected chi connectivity index (χ2v) is 12.4. The van der Waals surface area contributed by atoms with Crippen molar-refractivity contribution in [2.75, 3.05) is 6.54 Å². The van der Waals surface area contributed by atoms with Crippen LogP contribution in [0.3, 0.4) is 0 Å². The van der Waals surface area contributed by atoms with Gasteiger partial charge in [-0.3, -0.25) is 9.00 Å². The van der Waals surface area contributed by atoms with E-state index in [1.54, 1.807) is 0 Å². The number of hydrogen-bond acceptors (Lipinski definition) is 4. The molecule has 0 spiro atoms. The first kappa shape index (κ1) is 19.8. The van der Waals surface area contributed by atoms with Crippen LogP contribution in [0.25, 0.3) is 0 Å². The molecule has 0 aromatic carbocycles. The molecule has 0 bridgehead atoms. The van der Waals surface area contributed by atoms with Crippen LogP contribution >= 0.6 is 0 Å². The maximum atomic E-state index is 13.6. The summed E-state index contributed by atoms with van der Waals surface area (Å²) in [7, 11) is -5.10. The predicted octanol–water partition coefficient (Wildman–Crippen LogP) is 3.84. The highest BCUT2D eigenvalue weighted by molar-refractivity contribution is 7.98. The molecule has 4 rings (SSSR count). The monoisotopic (exact) mass is 413 g/mol. The van der Waals surface area contributed by atoms with Gasteiger partial charge in [0.15, 0.2) is 15.6 Å². The second-order valence-electron chi connectivity index (χ2n) is 8.65. The van der Waals surface area contributed by atoms with E-state index < -0.39 is 26.4 Å². The SMILES string of the molecule is O=C1C2=C(CCCC2)S(=O)C2CCCCC2[S+](=O)([O-])N1CC1CCCCC1. The van der Waals surface area contributed by atoms with Crippen molar-refractivity contribution in [3.63, 3.8) is 0 Å². The molecule has 0 saturated heterocycles. The minimum Gasteiger partial charge on any atom is -0.593 e. The van der Waals surface area contributed by atoms with Crippen molar-refractivity contribution in [2.45, 2.75) is 94.0 Å². The zero-order valence-electron chi connectivity index (χ0n) is 16.0. The Kier molecular flexibility index (Phi) is 5.91. The molecule has 7 heteroatoms. The van der Waals surface area contributed by atoms with Crippen molar-refractivity contribution in [3.05, 3.63) is 10.5 Å². The van der Waals surface area contributed by atoms with Gasteiger partial charge >= 0.3 is 0 Å². The molecule has 1 amide bonds. The van der Waals surface area contributed by atoms with Gasteiger partial charge in [-0.05, 0) is 63.7 Å². The van der Waals surface area contributed by atoms with Crippen LogP contribution in [-0.2, 0) is 30.2 Å². The fourth-order valence-electron chi connectivity index (χ4n) is 5.38. The van der Waals surface area contributed by atoms with E-state index in [-0.39, 0.29) is 17.1 Å². The predicted molar refractivity (Wildman–Crippen MR) is 107 cm³/mol. The quantitative estimate of drug-likeness (QED) is 0.644. The minimum atomic E-state index is -3.76. The third-order valence-corrected chi connectivity index (χ3v) is 11.4. The molecule has 0 radical (unpaired) electrons. The summed E-state index contributed by atoms with van der Waals surface area (Å²) in [5, 5.41) is -0.996. The van der Waals surface area contributed by atoms with Crippen LogP contribution in [0, 0.1) is 5.92 Å². The van der Waals surface area contributed by atoms with Crippen molar-refractivity contribution in [2.24, 2.45) is 5.92 Å². The average Bonchev–Trinajstić information content (AvgIpc) is 2.71. The molecule has 3 aliphatic carbocycles. The highest BCUT2D eigenvalue weighted by atomic mass is 32.3. The topological polar surface area (TPSA) is 77.5 Å². The summed E-state index contributed by atoms with van der Waals surface area (Å²) < 4.78 is 41.7. The van der Waals surface area contributed by atoms with Gasteiger partial charge in [0.05, 0.1) is 22.6 Å². The first-order chi connectivity index (χ1) is 13.0. The molecule has 2 fully saturated rings. The van der Waals surface area contributed by atoms with Crippen LogP contribution in [0.1, 0.15) is 83.5 Å². The van der Waals surface area contributed by atoms with Crippen molar-refractivity contribution >= 4 is 27.1 Å². The van der Waals surface area contributed by atoms with Gasteiger partial charge in [-0.25, -0.2) is 0 Å². The Labute approximate surface area is 166 Å². The Morgan fingerprint density at radius 2 is 1.63 bits per heavy atom. The zero-order valence-corrected chi connectivity index (χ0v) is 17.7. The van der Waals surface area contributed by atoms with E-state index >= 15 is 0 Å². The lowest BCUT2D eigenvalue weighted by atomic mass is 9.89. The molecule has 5 nitrogen and oxygen atoms in total. The van der Waals surface area contributed by atoms with Crippen LogP contribution in [0.5, 0.6) is 0 Å². The van der Waals surface area contributed by atoms with E-state index in [4.69, 9.17) is 0 Å². The molecule has 1 aliphatic heterocycles.